The summed E-state index contributed by atoms with van der Waals surface area (Å²) in [4.78, 5) is 11.9. The zero-order chi connectivity index (χ0) is 15.3. The number of allylic oxidation sites excluding steroid dienone is 1. The monoisotopic (exact) mass is 333 g/mol. The lowest BCUT2D eigenvalue weighted by atomic mass is 10.2. The third-order valence-corrected chi connectivity index (χ3v) is 2.87. The van der Waals surface area contributed by atoms with E-state index in [1.54, 1.807) is 30.3 Å². The number of benzene rings is 1. The summed E-state index contributed by atoms with van der Waals surface area (Å²) in [6.07, 6.45) is 0. The zero-order valence-corrected chi connectivity index (χ0v) is 12.6. The van der Waals surface area contributed by atoms with E-state index in [1.807, 2.05) is 0 Å². The first kappa shape index (κ1) is 16.4. The summed E-state index contributed by atoms with van der Waals surface area (Å²) in [5, 5.41) is 11.4. The second kappa shape index (κ2) is 6.71. The summed E-state index contributed by atoms with van der Waals surface area (Å²) in [5.41, 5.74) is 5.04. The van der Waals surface area contributed by atoms with Crippen molar-refractivity contribution in [3.8, 4) is 11.8 Å². The number of amides is 1. The molecular weight excluding hydrogens is 325 g/mol. The second-order valence-electron chi connectivity index (χ2n) is 3.58. The minimum absolute atomic E-state index is 0.434. The average molecular weight is 335 g/mol. The highest BCUT2D eigenvalue weighted by atomic mass is 35.6. The molecule has 20 heavy (non-hydrogen) atoms. The molecule has 0 aliphatic rings. The SMILES string of the molecule is COc1ccc(NC(=O)C(C#N)=C(N)C(Cl)(Cl)Cl)cc1. The van der Waals surface area contributed by atoms with Crippen molar-refractivity contribution in [2.24, 2.45) is 5.73 Å². The first-order valence-corrected chi connectivity index (χ1v) is 6.35. The molecule has 0 radical (unpaired) electrons. The molecule has 0 atom stereocenters. The van der Waals surface area contributed by atoms with Gasteiger partial charge in [0.05, 0.1) is 12.8 Å². The number of ether oxygens (including phenoxy) is 1. The van der Waals surface area contributed by atoms with Gasteiger partial charge in [-0.05, 0) is 24.3 Å². The Morgan fingerprint density at radius 3 is 2.30 bits per heavy atom. The van der Waals surface area contributed by atoms with Crippen LogP contribution < -0.4 is 15.8 Å². The van der Waals surface area contributed by atoms with Crippen LogP contribution in [0.3, 0.4) is 0 Å². The maximum Gasteiger partial charge on any atom is 0.268 e. The molecule has 0 bridgehead atoms. The largest absolute Gasteiger partial charge is 0.497 e. The lowest BCUT2D eigenvalue weighted by molar-refractivity contribution is -0.112. The second-order valence-corrected chi connectivity index (χ2v) is 5.86. The summed E-state index contributed by atoms with van der Waals surface area (Å²) >= 11 is 16.6. The average Bonchev–Trinajstić information content (AvgIpc) is 2.39. The molecule has 3 N–H and O–H groups in total. The number of nitriles is 1. The van der Waals surface area contributed by atoms with Gasteiger partial charge in [-0.15, -0.1) is 0 Å². The molecule has 0 aliphatic heterocycles. The molecule has 1 aromatic carbocycles. The van der Waals surface area contributed by atoms with Crippen molar-refractivity contribution in [2.45, 2.75) is 3.79 Å². The van der Waals surface area contributed by atoms with Crippen LogP contribution in [-0.2, 0) is 4.79 Å². The van der Waals surface area contributed by atoms with Crippen LogP contribution in [0, 0.1) is 11.3 Å². The van der Waals surface area contributed by atoms with Crippen molar-refractivity contribution in [3.05, 3.63) is 35.5 Å². The third-order valence-electron chi connectivity index (χ3n) is 2.26. The fourth-order valence-corrected chi connectivity index (χ4v) is 1.53. The Hall–Kier alpha value is -1.61. The topological polar surface area (TPSA) is 88.1 Å². The first-order chi connectivity index (χ1) is 9.29. The number of methoxy groups -OCH3 is 1. The summed E-state index contributed by atoms with van der Waals surface area (Å²) in [6, 6.07) is 8.09. The molecule has 1 rings (SSSR count). The van der Waals surface area contributed by atoms with Crippen LogP contribution in [0.1, 0.15) is 0 Å². The molecule has 0 saturated heterocycles. The Morgan fingerprint density at radius 2 is 1.90 bits per heavy atom. The summed E-state index contributed by atoms with van der Waals surface area (Å²) in [5.74, 6) is -0.138. The molecular formula is C12H10Cl3N3O2. The minimum Gasteiger partial charge on any atom is -0.497 e. The number of hydrogen-bond donors (Lipinski definition) is 2. The van der Waals surface area contributed by atoms with Crippen LogP contribution in [-0.4, -0.2) is 16.8 Å². The smallest absolute Gasteiger partial charge is 0.268 e. The van der Waals surface area contributed by atoms with E-state index in [0.29, 0.717) is 11.4 Å². The van der Waals surface area contributed by atoms with Gasteiger partial charge in [0.2, 0.25) is 3.79 Å². The zero-order valence-electron chi connectivity index (χ0n) is 10.3. The number of rotatable bonds is 3. The molecule has 0 spiro atoms. The molecule has 0 saturated carbocycles. The van der Waals surface area contributed by atoms with E-state index in [1.165, 1.54) is 7.11 Å². The van der Waals surface area contributed by atoms with Crippen molar-refractivity contribution in [1.82, 2.24) is 0 Å². The molecule has 0 aromatic heterocycles. The van der Waals surface area contributed by atoms with E-state index in [-0.39, 0.29) is 0 Å². The highest BCUT2D eigenvalue weighted by molar-refractivity contribution is 6.69. The van der Waals surface area contributed by atoms with Gasteiger partial charge in [-0.3, -0.25) is 4.79 Å². The molecule has 1 aromatic rings. The summed E-state index contributed by atoms with van der Waals surface area (Å²) < 4.78 is 2.95. The molecule has 0 fully saturated rings. The number of nitrogens with zero attached hydrogens (tertiary/aromatic N) is 1. The van der Waals surface area contributed by atoms with Gasteiger partial charge in [-0.2, -0.15) is 5.26 Å². The van der Waals surface area contributed by atoms with Crippen LogP contribution in [0.2, 0.25) is 0 Å². The predicted molar refractivity (Wildman–Crippen MR) is 78.7 cm³/mol. The summed E-state index contributed by atoms with van der Waals surface area (Å²) in [7, 11) is 1.52. The Bertz CT molecular complexity index is 571. The number of nitrogens with one attached hydrogen (secondary N) is 1. The number of carbonyl (C=O) groups excluding carboxylic acids is 1. The van der Waals surface area contributed by atoms with Gasteiger partial charge in [0, 0.05) is 5.69 Å². The molecule has 0 aliphatic carbocycles. The molecule has 1 amide bonds. The Balaban J connectivity index is 2.97. The van der Waals surface area contributed by atoms with Crippen LogP contribution >= 0.6 is 34.8 Å². The van der Waals surface area contributed by atoms with Crippen molar-refractivity contribution in [2.75, 3.05) is 12.4 Å². The molecule has 0 heterocycles. The fourth-order valence-electron chi connectivity index (χ4n) is 1.24. The van der Waals surface area contributed by atoms with Crippen LogP contribution in [0.5, 0.6) is 5.75 Å². The van der Waals surface area contributed by atoms with Crippen LogP contribution in [0.15, 0.2) is 35.5 Å². The van der Waals surface area contributed by atoms with E-state index < -0.39 is 21.0 Å². The highest BCUT2D eigenvalue weighted by Crippen LogP contribution is 2.33. The number of alkyl halides is 3. The van der Waals surface area contributed by atoms with E-state index in [2.05, 4.69) is 5.32 Å². The number of nitrogens with two attached hydrogens (primary N) is 1. The summed E-state index contributed by atoms with van der Waals surface area (Å²) in [6.45, 7) is 0. The molecule has 5 nitrogen and oxygen atoms in total. The Morgan fingerprint density at radius 1 is 1.35 bits per heavy atom. The predicted octanol–water partition coefficient (Wildman–Crippen LogP) is 2.74. The van der Waals surface area contributed by atoms with Gasteiger partial charge < -0.3 is 15.8 Å². The minimum atomic E-state index is -2.03. The van der Waals surface area contributed by atoms with E-state index >= 15 is 0 Å². The molecule has 106 valence electrons. The van der Waals surface area contributed by atoms with Crippen LogP contribution in [0.25, 0.3) is 0 Å². The van der Waals surface area contributed by atoms with E-state index in [4.69, 9.17) is 50.5 Å². The standard InChI is InChI=1S/C12H10Cl3N3O2/c1-20-8-4-2-7(3-5-8)18-11(19)9(6-16)10(17)12(13,14)15/h2-5H,17H2,1H3,(H,18,19). The maximum absolute atomic E-state index is 11.9. The number of carbonyl (C=O) groups is 1. The van der Waals surface area contributed by atoms with Crippen LogP contribution in [0.4, 0.5) is 5.69 Å². The Kier molecular flexibility index (Phi) is 5.52. The number of hydrogen-bond acceptors (Lipinski definition) is 4. The van der Waals surface area contributed by atoms with Crippen molar-refractivity contribution < 1.29 is 9.53 Å². The highest BCUT2D eigenvalue weighted by Gasteiger charge is 2.29. The molecule has 8 heteroatoms. The lowest BCUT2D eigenvalue weighted by Gasteiger charge is -2.13. The first-order valence-electron chi connectivity index (χ1n) is 5.22. The third kappa shape index (κ3) is 4.20. The van der Waals surface area contributed by atoms with E-state index in [0.717, 1.165) is 0 Å². The molecule has 0 unspecified atom stereocenters. The van der Waals surface area contributed by atoms with E-state index in [9.17, 15) is 4.79 Å². The van der Waals surface area contributed by atoms with Gasteiger partial charge in [0.1, 0.15) is 17.4 Å². The lowest BCUT2D eigenvalue weighted by Crippen LogP contribution is -2.24. The van der Waals surface area contributed by atoms with Gasteiger partial charge >= 0.3 is 0 Å². The van der Waals surface area contributed by atoms with Crippen molar-refractivity contribution in [3.63, 3.8) is 0 Å². The fraction of sp³-hybridized carbons (Fsp3) is 0.167. The van der Waals surface area contributed by atoms with Gasteiger partial charge in [0.25, 0.3) is 5.91 Å². The Labute approximate surface area is 130 Å². The van der Waals surface area contributed by atoms with Gasteiger partial charge in [-0.1, -0.05) is 34.8 Å². The van der Waals surface area contributed by atoms with Gasteiger partial charge in [-0.25, -0.2) is 0 Å². The van der Waals surface area contributed by atoms with Crippen molar-refractivity contribution >= 4 is 46.4 Å². The van der Waals surface area contributed by atoms with Gasteiger partial charge in [0.15, 0.2) is 0 Å². The number of halogens is 3. The number of anilines is 1. The maximum atomic E-state index is 11.9. The quantitative estimate of drug-likeness (QED) is 0.505. The normalized spacial score (nSPS) is 12.2. The van der Waals surface area contributed by atoms with Crippen molar-refractivity contribution in [1.29, 1.82) is 5.26 Å².